The fraction of sp³-hybridized carbons (Fsp3) is 0.727. The zero-order chi connectivity index (χ0) is 25.5. The number of pyridine rings is 1. The lowest BCUT2D eigenvalue weighted by Crippen LogP contribution is -2.53. The Morgan fingerprint density at radius 1 is 0.657 bits per heavy atom. The molecule has 0 bridgehead atoms. The van der Waals surface area contributed by atoms with Gasteiger partial charge in [-0.05, 0) is 12.1 Å². The molecule has 1 heterocycles. The summed E-state index contributed by atoms with van der Waals surface area (Å²) in [6.07, 6.45) is 2.83. The van der Waals surface area contributed by atoms with Gasteiger partial charge in [0.05, 0.1) is 84.8 Å². The number of esters is 1. The minimum absolute atomic E-state index is 0.178. The highest BCUT2D eigenvalue weighted by atomic mass is 28.4. The van der Waals surface area contributed by atoms with Crippen LogP contribution in [-0.4, -0.2) is 127 Å². The molecule has 0 saturated heterocycles. The molecule has 35 heavy (non-hydrogen) atoms. The molecule has 0 fully saturated rings. The second-order valence-electron chi connectivity index (χ2n) is 6.86. The fourth-order valence-corrected chi connectivity index (χ4v) is 4.47. The smallest absolute Gasteiger partial charge is 0.457 e. The molecule has 0 aliphatic carbocycles. The minimum atomic E-state index is -3.49. The van der Waals surface area contributed by atoms with Gasteiger partial charge in [0.25, 0.3) is 0 Å². The molecule has 0 aliphatic rings. The Morgan fingerprint density at radius 2 is 1.06 bits per heavy atom. The number of hydrogen-bond acceptors (Lipinski definition) is 12. The number of ether oxygens (including phenoxy) is 7. The third kappa shape index (κ3) is 16.0. The molecule has 0 radical (unpaired) electrons. The molecule has 0 unspecified atom stereocenters. The van der Waals surface area contributed by atoms with E-state index in [1.807, 2.05) is 0 Å². The van der Waals surface area contributed by atoms with Gasteiger partial charge in [-0.1, -0.05) is 0 Å². The summed E-state index contributed by atoms with van der Waals surface area (Å²) >= 11 is 0. The van der Waals surface area contributed by atoms with Crippen molar-refractivity contribution in [3.63, 3.8) is 0 Å². The normalized spacial score (nSPS) is 11.6. The van der Waals surface area contributed by atoms with Gasteiger partial charge < -0.3 is 46.4 Å². The van der Waals surface area contributed by atoms with Crippen LogP contribution in [0.3, 0.4) is 0 Å². The maximum atomic E-state index is 12.5. The summed E-state index contributed by atoms with van der Waals surface area (Å²) < 4.78 is 54.9. The van der Waals surface area contributed by atoms with Crippen LogP contribution in [0, 0.1) is 0 Å². The minimum Gasteiger partial charge on any atom is -0.457 e. The molecule has 0 N–H and O–H groups in total. The standard InChI is InChI=1S/C22H39NO11Si/c1-25-8-11-28-14-17-32-35(33-18-15-29-12-9-26-2,34-19-16-30-13-10-27-3)20-31-22(24)21-4-6-23-7-5-21/h4-7H,8-20H2,1-3H3. The van der Waals surface area contributed by atoms with Crippen molar-refractivity contribution < 1.29 is 51.2 Å². The molecule has 0 aromatic carbocycles. The first-order valence-corrected chi connectivity index (χ1v) is 13.3. The van der Waals surface area contributed by atoms with Gasteiger partial charge in [0.1, 0.15) is 0 Å². The van der Waals surface area contributed by atoms with Gasteiger partial charge in [0.15, 0.2) is 6.23 Å². The van der Waals surface area contributed by atoms with Gasteiger partial charge in [0.2, 0.25) is 0 Å². The van der Waals surface area contributed by atoms with E-state index in [0.29, 0.717) is 45.2 Å². The molecule has 0 aliphatic heterocycles. The van der Waals surface area contributed by atoms with Gasteiger partial charge >= 0.3 is 14.8 Å². The summed E-state index contributed by atoms with van der Waals surface area (Å²) in [7, 11) is 1.30. The second-order valence-corrected chi connectivity index (χ2v) is 9.38. The van der Waals surface area contributed by atoms with Crippen LogP contribution in [0.25, 0.3) is 0 Å². The molecule has 202 valence electrons. The van der Waals surface area contributed by atoms with Gasteiger partial charge in [0, 0.05) is 33.7 Å². The first-order valence-electron chi connectivity index (χ1n) is 11.4. The first kappa shape index (κ1) is 31.5. The van der Waals surface area contributed by atoms with E-state index in [9.17, 15) is 4.79 Å². The molecule has 0 saturated carbocycles. The summed E-state index contributed by atoms with van der Waals surface area (Å²) in [6, 6.07) is 3.12. The van der Waals surface area contributed by atoms with E-state index >= 15 is 0 Å². The van der Waals surface area contributed by atoms with Crippen LogP contribution >= 0.6 is 0 Å². The summed E-state index contributed by atoms with van der Waals surface area (Å²) in [5.41, 5.74) is 0.358. The van der Waals surface area contributed by atoms with E-state index in [2.05, 4.69) is 4.98 Å². The molecule has 1 rings (SSSR count). The fourth-order valence-electron chi connectivity index (χ4n) is 2.48. The van der Waals surface area contributed by atoms with Crippen molar-refractivity contribution in [1.82, 2.24) is 4.98 Å². The number of hydrogen-bond donors (Lipinski definition) is 0. The Labute approximate surface area is 208 Å². The quantitative estimate of drug-likeness (QED) is 0.108. The lowest BCUT2D eigenvalue weighted by atomic mass is 10.3. The molecule has 1 aromatic rings. The van der Waals surface area contributed by atoms with Gasteiger partial charge in [-0.15, -0.1) is 0 Å². The molecule has 13 heteroatoms. The third-order valence-corrected chi connectivity index (χ3v) is 6.67. The highest BCUT2D eigenvalue weighted by molar-refractivity contribution is 6.60. The van der Waals surface area contributed by atoms with Crippen LogP contribution in [0.5, 0.6) is 0 Å². The highest BCUT2D eigenvalue weighted by Gasteiger charge is 2.44. The van der Waals surface area contributed by atoms with Crippen molar-refractivity contribution >= 4 is 14.8 Å². The predicted molar refractivity (Wildman–Crippen MR) is 126 cm³/mol. The number of carbonyl (C=O) groups is 1. The molecule has 1 aromatic heterocycles. The lowest BCUT2D eigenvalue weighted by Gasteiger charge is -2.29. The third-order valence-electron chi connectivity index (χ3n) is 4.24. The van der Waals surface area contributed by atoms with E-state index < -0.39 is 14.8 Å². The highest BCUT2D eigenvalue weighted by Crippen LogP contribution is 2.13. The van der Waals surface area contributed by atoms with Crippen LogP contribution in [0.1, 0.15) is 10.4 Å². The van der Waals surface area contributed by atoms with E-state index in [1.165, 1.54) is 12.4 Å². The van der Waals surface area contributed by atoms with Crippen molar-refractivity contribution in [1.29, 1.82) is 0 Å². The molecular weight excluding hydrogens is 482 g/mol. The Hall–Kier alpha value is -1.52. The van der Waals surface area contributed by atoms with Gasteiger partial charge in [-0.25, -0.2) is 4.79 Å². The Kier molecular flexibility index (Phi) is 19.6. The van der Waals surface area contributed by atoms with E-state index in [-0.39, 0.29) is 45.9 Å². The largest absolute Gasteiger partial charge is 0.541 e. The van der Waals surface area contributed by atoms with Crippen molar-refractivity contribution in [2.24, 2.45) is 0 Å². The van der Waals surface area contributed by atoms with Crippen molar-refractivity contribution in [2.75, 3.05) is 107 Å². The van der Waals surface area contributed by atoms with E-state index in [4.69, 9.17) is 46.4 Å². The average Bonchev–Trinajstić information content (AvgIpc) is 2.89. The van der Waals surface area contributed by atoms with E-state index in [0.717, 1.165) is 0 Å². The number of rotatable bonds is 24. The van der Waals surface area contributed by atoms with E-state index in [1.54, 1.807) is 33.5 Å². The number of nitrogens with zero attached hydrogens (tertiary/aromatic N) is 1. The van der Waals surface area contributed by atoms with Crippen molar-refractivity contribution in [2.45, 2.75) is 0 Å². The monoisotopic (exact) mass is 521 g/mol. The first-order chi connectivity index (χ1) is 17.2. The predicted octanol–water partition coefficient (Wildman–Crippen LogP) is 0.755. The van der Waals surface area contributed by atoms with Crippen LogP contribution < -0.4 is 0 Å². The Bertz CT molecular complexity index is 586. The molecular formula is C22H39NO11Si. The Morgan fingerprint density at radius 3 is 1.46 bits per heavy atom. The number of methoxy groups -OCH3 is 3. The van der Waals surface area contributed by atoms with Crippen LogP contribution in [0.4, 0.5) is 0 Å². The molecule has 0 amide bonds. The summed E-state index contributed by atoms with van der Waals surface area (Å²) in [4.78, 5) is 16.4. The maximum absolute atomic E-state index is 12.5. The summed E-state index contributed by atoms with van der Waals surface area (Å²) in [5.74, 6) is -0.538. The topological polar surface area (TPSA) is 122 Å². The zero-order valence-electron chi connectivity index (χ0n) is 20.9. The molecule has 12 nitrogen and oxygen atoms in total. The van der Waals surface area contributed by atoms with Gasteiger partial charge in [-0.2, -0.15) is 0 Å². The van der Waals surface area contributed by atoms with Crippen molar-refractivity contribution in [3.8, 4) is 0 Å². The summed E-state index contributed by atoms with van der Waals surface area (Å²) in [5, 5.41) is 0. The second kappa shape index (κ2) is 21.7. The maximum Gasteiger partial charge on any atom is 0.541 e. The molecule has 0 spiro atoms. The summed E-state index contributed by atoms with van der Waals surface area (Å²) in [6.45, 7) is 4.08. The van der Waals surface area contributed by atoms with Crippen LogP contribution in [0.2, 0.25) is 0 Å². The van der Waals surface area contributed by atoms with Crippen LogP contribution in [0.15, 0.2) is 24.5 Å². The lowest BCUT2D eigenvalue weighted by molar-refractivity contribution is -0.0230. The zero-order valence-corrected chi connectivity index (χ0v) is 21.9. The molecule has 0 atom stereocenters. The van der Waals surface area contributed by atoms with Crippen LogP contribution in [-0.2, 0) is 46.4 Å². The Balaban J connectivity index is 2.76. The number of carbonyl (C=O) groups excluding carboxylic acids is 1. The van der Waals surface area contributed by atoms with Gasteiger partial charge in [-0.3, -0.25) is 4.98 Å². The average molecular weight is 522 g/mol. The van der Waals surface area contributed by atoms with Crippen molar-refractivity contribution in [3.05, 3.63) is 30.1 Å². The SMILES string of the molecule is COCCOCCO[Si](COC(=O)c1ccncc1)(OCCOCCOC)OCCOCCOC. The number of aromatic nitrogens is 1.